The molecule has 7 nitrogen and oxygen atoms in total. The number of benzene rings is 2. The number of phenols is 1. The molecule has 4 aliphatic rings. The van der Waals surface area contributed by atoms with Crippen LogP contribution in [0.15, 0.2) is 55.1 Å². The molecule has 1 saturated heterocycles. The molecule has 5 atom stereocenters. The number of rotatable bonds is 8. The molecule has 10 heteroatoms. The maximum atomic E-state index is 13.9. The molecule has 6 rings (SSSR count). The van der Waals surface area contributed by atoms with Crippen LogP contribution in [-0.4, -0.2) is 75.7 Å². The highest BCUT2D eigenvalue weighted by Gasteiger charge is 2.73. The Balaban J connectivity index is 1.36. The van der Waals surface area contributed by atoms with Gasteiger partial charge in [-0.15, -0.1) is 19.8 Å². The van der Waals surface area contributed by atoms with Crippen LogP contribution in [0.5, 0.6) is 17.2 Å². The van der Waals surface area contributed by atoms with Gasteiger partial charge in [-0.3, -0.25) is 9.69 Å². The van der Waals surface area contributed by atoms with Crippen molar-refractivity contribution in [2.24, 2.45) is 5.92 Å². The topological polar surface area (TPSA) is 82.5 Å². The van der Waals surface area contributed by atoms with Crippen molar-refractivity contribution in [3.63, 3.8) is 0 Å². The van der Waals surface area contributed by atoms with Crippen molar-refractivity contribution in [3.05, 3.63) is 71.8 Å². The first-order valence-electron chi connectivity index (χ1n) is 14.8. The lowest BCUT2D eigenvalue weighted by molar-refractivity contribution is -0.274. The van der Waals surface area contributed by atoms with Crippen LogP contribution in [-0.2, 0) is 16.6 Å². The first kappa shape index (κ1) is 29.6. The third kappa shape index (κ3) is 4.79. The highest BCUT2D eigenvalue weighted by molar-refractivity contribution is 5.92. The minimum atomic E-state index is -4.82. The molecule has 230 valence electrons. The monoisotopic (exact) mass is 598 g/mol. The van der Waals surface area contributed by atoms with Gasteiger partial charge in [-0.05, 0) is 73.5 Å². The molecule has 2 heterocycles. The Labute approximate surface area is 249 Å². The Morgan fingerprint density at radius 2 is 2.07 bits per heavy atom. The number of hydrogen-bond donors (Lipinski definition) is 2. The zero-order valence-electron chi connectivity index (χ0n) is 24.3. The Morgan fingerprint density at radius 3 is 2.79 bits per heavy atom. The molecule has 2 fully saturated rings. The van der Waals surface area contributed by atoms with E-state index in [0.717, 1.165) is 11.1 Å². The number of carbonyl (C=O) groups is 1. The van der Waals surface area contributed by atoms with Crippen LogP contribution in [0.25, 0.3) is 6.08 Å². The maximum Gasteiger partial charge on any atom is 0.573 e. The lowest BCUT2D eigenvalue weighted by Crippen LogP contribution is -2.78. The van der Waals surface area contributed by atoms with Gasteiger partial charge in [-0.25, -0.2) is 0 Å². The SMILES string of the molecule is C=CCN1CC[C@]23c4c5ccc(O)c4OC2C(N(CC(C)C)C(=O)/C=C/c2cccc(OC(F)(F)F)c2)CC[C@@]3(O)[C@H]1C5. The van der Waals surface area contributed by atoms with Gasteiger partial charge in [-0.2, -0.15) is 0 Å². The Bertz CT molecular complexity index is 1460. The molecular weight excluding hydrogens is 561 g/mol. The number of likely N-dealkylation sites (tertiary alicyclic amines) is 1. The molecule has 2 N–H and O–H groups in total. The molecular formula is C33H37F3N2O5. The summed E-state index contributed by atoms with van der Waals surface area (Å²) >= 11 is 0. The third-order valence-electron chi connectivity index (χ3n) is 9.66. The summed E-state index contributed by atoms with van der Waals surface area (Å²) in [6.45, 7) is 9.73. The molecule has 2 aromatic rings. The van der Waals surface area contributed by atoms with Crippen molar-refractivity contribution in [3.8, 4) is 17.2 Å². The Morgan fingerprint density at radius 1 is 1.28 bits per heavy atom. The van der Waals surface area contributed by atoms with E-state index < -0.39 is 29.5 Å². The summed E-state index contributed by atoms with van der Waals surface area (Å²) in [5, 5.41) is 23.5. The summed E-state index contributed by atoms with van der Waals surface area (Å²) in [6.07, 6.45) is 1.48. The molecule has 2 unspecified atom stereocenters. The van der Waals surface area contributed by atoms with Crippen LogP contribution in [0.1, 0.15) is 49.8 Å². The number of amides is 1. The Hall–Kier alpha value is -3.50. The highest BCUT2D eigenvalue weighted by atomic mass is 19.4. The average Bonchev–Trinajstić information content (AvgIpc) is 3.29. The van der Waals surface area contributed by atoms with Crippen molar-refractivity contribution in [2.45, 2.75) is 75.1 Å². The summed E-state index contributed by atoms with van der Waals surface area (Å²) in [6, 6.07) is 8.47. The van der Waals surface area contributed by atoms with E-state index in [1.165, 1.54) is 30.4 Å². The van der Waals surface area contributed by atoms with Crippen LogP contribution in [0.4, 0.5) is 13.2 Å². The summed E-state index contributed by atoms with van der Waals surface area (Å²) in [4.78, 5) is 17.9. The van der Waals surface area contributed by atoms with Gasteiger partial charge in [0.05, 0.1) is 17.1 Å². The summed E-state index contributed by atoms with van der Waals surface area (Å²) in [5.41, 5.74) is 0.376. The Kier molecular flexibility index (Phi) is 7.28. The minimum Gasteiger partial charge on any atom is -0.504 e. The predicted molar refractivity (Wildman–Crippen MR) is 155 cm³/mol. The summed E-state index contributed by atoms with van der Waals surface area (Å²) in [5.74, 6) is -0.131. The van der Waals surface area contributed by atoms with Crippen LogP contribution in [0.2, 0.25) is 0 Å². The highest BCUT2D eigenvalue weighted by Crippen LogP contribution is 2.65. The fourth-order valence-electron chi connectivity index (χ4n) is 8.17. The number of piperidine rings is 1. The fourth-order valence-corrected chi connectivity index (χ4v) is 8.17. The van der Waals surface area contributed by atoms with Gasteiger partial charge in [0, 0.05) is 30.8 Å². The van der Waals surface area contributed by atoms with Crippen LogP contribution < -0.4 is 9.47 Å². The van der Waals surface area contributed by atoms with Crippen molar-refractivity contribution in [1.82, 2.24) is 9.80 Å². The predicted octanol–water partition coefficient (Wildman–Crippen LogP) is 5.20. The van der Waals surface area contributed by atoms with Crippen molar-refractivity contribution >= 4 is 12.0 Å². The zero-order chi connectivity index (χ0) is 30.7. The molecule has 2 aromatic carbocycles. The first-order valence-corrected chi connectivity index (χ1v) is 14.8. The standard InChI is InChI=1S/C33H37F3N2O5/c1-4-15-37-16-14-31-28-22-9-10-25(39)29(28)42-30(31)24(12-13-32(31,41)26(37)18-22)38(19-20(2)3)27(40)11-8-21-6-5-7-23(17-21)43-33(34,35)36/h4-11,17,20,24,26,30,39,41H,1,12-16,18-19H2,2-3H3/b11-8+/t24?,26-,30?,31+,32-/m1/s1. The number of aromatic hydroxyl groups is 1. The van der Waals surface area contributed by atoms with Gasteiger partial charge in [0.2, 0.25) is 5.91 Å². The van der Waals surface area contributed by atoms with Gasteiger partial charge in [0.1, 0.15) is 11.9 Å². The second-order valence-corrected chi connectivity index (χ2v) is 12.6. The van der Waals surface area contributed by atoms with Gasteiger partial charge in [0.15, 0.2) is 11.5 Å². The van der Waals surface area contributed by atoms with E-state index in [-0.39, 0.29) is 29.4 Å². The normalized spacial score (nSPS) is 29.3. The van der Waals surface area contributed by atoms with Crippen molar-refractivity contribution < 1.29 is 37.7 Å². The molecule has 1 spiro atoms. The lowest BCUT2D eigenvalue weighted by atomic mass is 9.48. The quantitative estimate of drug-likeness (QED) is 0.321. The van der Waals surface area contributed by atoms with E-state index in [1.807, 2.05) is 26.0 Å². The third-order valence-corrected chi connectivity index (χ3v) is 9.66. The summed E-state index contributed by atoms with van der Waals surface area (Å²) < 4.78 is 48.8. The first-order chi connectivity index (χ1) is 20.4. The largest absolute Gasteiger partial charge is 0.573 e. The van der Waals surface area contributed by atoms with E-state index in [2.05, 4.69) is 16.2 Å². The number of carbonyl (C=O) groups excluding carboxylic acids is 1. The zero-order valence-corrected chi connectivity index (χ0v) is 24.3. The number of alkyl halides is 3. The second-order valence-electron chi connectivity index (χ2n) is 12.6. The number of ether oxygens (including phenoxy) is 2. The van der Waals surface area contributed by atoms with Gasteiger partial charge >= 0.3 is 6.36 Å². The van der Waals surface area contributed by atoms with Crippen LogP contribution >= 0.6 is 0 Å². The fraction of sp³-hybridized carbons (Fsp3) is 0.485. The second kappa shape index (κ2) is 10.6. The van der Waals surface area contributed by atoms with E-state index >= 15 is 0 Å². The molecule has 1 amide bonds. The van der Waals surface area contributed by atoms with Crippen molar-refractivity contribution in [2.75, 3.05) is 19.6 Å². The van der Waals surface area contributed by atoms with Gasteiger partial charge in [-0.1, -0.05) is 38.1 Å². The molecule has 2 aliphatic carbocycles. The van der Waals surface area contributed by atoms with Crippen molar-refractivity contribution in [1.29, 1.82) is 0 Å². The average molecular weight is 599 g/mol. The van der Waals surface area contributed by atoms with E-state index in [1.54, 1.807) is 17.0 Å². The number of aliphatic hydroxyl groups is 1. The number of halogens is 3. The number of phenolic OH excluding ortho intramolecular Hbond substituents is 1. The smallest absolute Gasteiger partial charge is 0.504 e. The minimum absolute atomic E-state index is 0.0261. The van der Waals surface area contributed by atoms with Crippen LogP contribution in [0.3, 0.4) is 0 Å². The summed E-state index contributed by atoms with van der Waals surface area (Å²) in [7, 11) is 0. The van der Waals surface area contributed by atoms with Gasteiger partial charge in [0.25, 0.3) is 0 Å². The number of hydrogen-bond acceptors (Lipinski definition) is 6. The number of nitrogens with zero attached hydrogens (tertiary/aromatic N) is 2. The van der Waals surface area contributed by atoms with E-state index in [9.17, 15) is 28.2 Å². The molecule has 0 radical (unpaired) electrons. The molecule has 0 aromatic heterocycles. The maximum absolute atomic E-state index is 13.9. The lowest BCUT2D eigenvalue weighted by Gasteiger charge is -2.64. The van der Waals surface area contributed by atoms with Crippen LogP contribution in [0, 0.1) is 5.92 Å². The molecule has 2 aliphatic heterocycles. The van der Waals surface area contributed by atoms with E-state index in [4.69, 9.17) is 4.74 Å². The molecule has 43 heavy (non-hydrogen) atoms. The molecule has 1 saturated carbocycles. The van der Waals surface area contributed by atoms with Gasteiger partial charge < -0.3 is 24.6 Å². The van der Waals surface area contributed by atoms with E-state index in [0.29, 0.717) is 56.6 Å². The molecule has 2 bridgehead atoms.